The maximum atomic E-state index is 13.0. The molecule has 1 aromatic heterocycles. The van der Waals surface area contributed by atoms with Gasteiger partial charge in [-0.1, -0.05) is 22.9 Å². The van der Waals surface area contributed by atoms with Crippen LogP contribution in [0.25, 0.3) is 16.9 Å². The van der Waals surface area contributed by atoms with Crippen molar-refractivity contribution in [3.8, 4) is 16.9 Å². The fourth-order valence-electron chi connectivity index (χ4n) is 2.11. The van der Waals surface area contributed by atoms with E-state index < -0.39 is 0 Å². The summed E-state index contributed by atoms with van der Waals surface area (Å²) in [5, 5.41) is 8.79. The van der Waals surface area contributed by atoms with Gasteiger partial charge in [0.1, 0.15) is 11.5 Å². The number of hydrogen-bond acceptors (Lipinski definition) is 3. The fraction of sp³-hybridized carbons (Fsp3) is 0.0667. The van der Waals surface area contributed by atoms with Gasteiger partial charge >= 0.3 is 0 Å². The number of hydrogen-bond donors (Lipinski definition) is 1. The molecule has 1 heterocycles. The first kappa shape index (κ1) is 13.6. The summed E-state index contributed by atoms with van der Waals surface area (Å²) in [6, 6.07) is 11.4. The molecule has 0 saturated carbocycles. The van der Waals surface area contributed by atoms with Crippen LogP contribution in [0.15, 0.2) is 42.5 Å². The van der Waals surface area contributed by atoms with E-state index in [2.05, 4.69) is 10.3 Å². The number of nitrogens with two attached hydrogens (primary N) is 1. The van der Waals surface area contributed by atoms with E-state index >= 15 is 0 Å². The number of nitrogen functional groups attached to an aromatic ring is 1. The second kappa shape index (κ2) is 5.18. The number of nitrogens with zero attached hydrogens (tertiary/aromatic N) is 3. The lowest BCUT2D eigenvalue weighted by Gasteiger charge is -2.08. The van der Waals surface area contributed by atoms with Crippen molar-refractivity contribution in [1.82, 2.24) is 15.0 Å². The summed E-state index contributed by atoms with van der Waals surface area (Å²) in [7, 11) is 0. The third-order valence-corrected chi connectivity index (χ3v) is 3.70. The second-order valence-corrected chi connectivity index (χ2v) is 5.03. The van der Waals surface area contributed by atoms with E-state index in [1.54, 1.807) is 18.2 Å². The quantitative estimate of drug-likeness (QED) is 0.786. The lowest BCUT2D eigenvalue weighted by Crippen LogP contribution is -2.04. The Morgan fingerprint density at radius 2 is 1.86 bits per heavy atom. The Morgan fingerprint density at radius 1 is 1.14 bits per heavy atom. The Bertz CT molecular complexity index is 796. The van der Waals surface area contributed by atoms with E-state index in [9.17, 15) is 4.39 Å². The van der Waals surface area contributed by atoms with Crippen molar-refractivity contribution in [2.24, 2.45) is 0 Å². The number of aromatic nitrogens is 3. The van der Waals surface area contributed by atoms with Gasteiger partial charge in [-0.3, -0.25) is 0 Å². The lowest BCUT2D eigenvalue weighted by atomic mass is 10.1. The van der Waals surface area contributed by atoms with Gasteiger partial charge in [0.05, 0.1) is 5.69 Å². The minimum absolute atomic E-state index is 0.310. The van der Waals surface area contributed by atoms with Crippen molar-refractivity contribution in [3.05, 3.63) is 58.9 Å². The van der Waals surface area contributed by atoms with Crippen molar-refractivity contribution in [2.75, 3.05) is 5.73 Å². The van der Waals surface area contributed by atoms with Crippen molar-refractivity contribution < 1.29 is 4.39 Å². The molecule has 4 nitrogen and oxygen atoms in total. The SMILES string of the molecule is Cc1c(Cl)cccc1-n1nnc(-c2ccc(F)cc2)c1N. The highest BCUT2D eigenvalue weighted by molar-refractivity contribution is 6.31. The summed E-state index contributed by atoms with van der Waals surface area (Å²) in [6.07, 6.45) is 0. The molecule has 3 rings (SSSR count). The largest absolute Gasteiger partial charge is 0.382 e. The molecule has 21 heavy (non-hydrogen) atoms. The highest BCUT2D eigenvalue weighted by atomic mass is 35.5. The summed E-state index contributed by atoms with van der Waals surface area (Å²) in [6.45, 7) is 1.89. The minimum atomic E-state index is -0.310. The fourth-order valence-corrected chi connectivity index (χ4v) is 2.28. The smallest absolute Gasteiger partial charge is 0.155 e. The monoisotopic (exact) mass is 302 g/mol. The number of benzene rings is 2. The van der Waals surface area contributed by atoms with E-state index in [-0.39, 0.29) is 5.82 Å². The van der Waals surface area contributed by atoms with Crippen LogP contribution < -0.4 is 5.73 Å². The first-order chi connectivity index (χ1) is 10.1. The summed E-state index contributed by atoms with van der Waals surface area (Å²) in [4.78, 5) is 0. The van der Waals surface area contributed by atoms with E-state index in [0.29, 0.717) is 22.1 Å². The van der Waals surface area contributed by atoms with Crippen molar-refractivity contribution in [1.29, 1.82) is 0 Å². The van der Waals surface area contributed by atoms with Crippen molar-refractivity contribution in [2.45, 2.75) is 6.92 Å². The standard InChI is InChI=1S/C15H12ClFN4/c1-9-12(16)3-2-4-13(9)21-15(18)14(19-20-21)10-5-7-11(17)8-6-10/h2-8H,18H2,1H3. The number of anilines is 1. The van der Waals surface area contributed by atoms with Crippen LogP contribution in [0.1, 0.15) is 5.56 Å². The molecular weight excluding hydrogens is 291 g/mol. The highest BCUT2D eigenvalue weighted by Gasteiger charge is 2.15. The van der Waals surface area contributed by atoms with Gasteiger partial charge < -0.3 is 5.73 Å². The van der Waals surface area contributed by atoms with Crippen LogP contribution in [0.2, 0.25) is 5.02 Å². The predicted molar refractivity (Wildman–Crippen MR) is 80.9 cm³/mol. The molecule has 0 unspecified atom stereocenters. The zero-order chi connectivity index (χ0) is 15.0. The Labute approximate surface area is 126 Å². The van der Waals surface area contributed by atoms with Crippen LogP contribution in [0.3, 0.4) is 0 Å². The van der Waals surface area contributed by atoms with Crippen LogP contribution in [0.5, 0.6) is 0 Å². The summed E-state index contributed by atoms with van der Waals surface area (Å²) >= 11 is 6.11. The van der Waals surface area contributed by atoms with Crippen LogP contribution in [0.4, 0.5) is 10.2 Å². The maximum Gasteiger partial charge on any atom is 0.155 e. The first-order valence-corrected chi connectivity index (χ1v) is 6.68. The van der Waals surface area contributed by atoms with E-state index in [1.807, 2.05) is 19.1 Å². The Kier molecular flexibility index (Phi) is 3.35. The molecular formula is C15H12ClFN4. The van der Waals surface area contributed by atoms with Gasteiger partial charge in [0.25, 0.3) is 0 Å². The molecule has 106 valence electrons. The molecule has 0 spiro atoms. The van der Waals surface area contributed by atoms with Crippen LogP contribution >= 0.6 is 11.6 Å². The molecule has 0 atom stereocenters. The zero-order valence-corrected chi connectivity index (χ0v) is 12.0. The van der Waals surface area contributed by atoms with Crippen LogP contribution in [-0.2, 0) is 0 Å². The molecule has 6 heteroatoms. The van der Waals surface area contributed by atoms with E-state index in [0.717, 1.165) is 11.3 Å². The Morgan fingerprint density at radius 3 is 2.57 bits per heavy atom. The third kappa shape index (κ3) is 2.36. The topological polar surface area (TPSA) is 56.7 Å². The Balaban J connectivity index is 2.11. The Hall–Kier alpha value is -2.40. The predicted octanol–water partition coefficient (Wildman–Crippen LogP) is 3.62. The number of halogens is 2. The molecule has 2 aromatic carbocycles. The molecule has 0 bridgehead atoms. The van der Waals surface area contributed by atoms with Crippen molar-refractivity contribution >= 4 is 17.4 Å². The van der Waals surface area contributed by atoms with Gasteiger partial charge in [-0.15, -0.1) is 5.10 Å². The molecule has 0 saturated heterocycles. The molecule has 0 aliphatic rings. The van der Waals surface area contributed by atoms with Crippen LogP contribution in [-0.4, -0.2) is 15.0 Å². The van der Waals surface area contributed by atoms with Gasteiger partial charge in [0, 0.05) is 10.6 Å². The van der Waals surface area contributed by atoms with E-state index in [1.165, 1.54) is 16.8 Å². The average molecular weight is 303 g/mol. The summed E-state index contributed by atoms with van der Waals surface area (Å²) in [5.41, 5.74) is 8.97. The molecule has 0 fully saturated rings. The summed E-state index contributed by atoms with van der Waals surface area (Å²) in [5.74, 6) is 0.0716. The lowest BCUT2D eigenvalue weighted by molar-refractivity contribution is 0.628. The van der Waals surface area contributed by atoms with Gasteiger partial charge in [-0.05, 0) is 48.9 Å². The van der Waals surface area contributed by atoms with Gasteiger partial charge in [0.15, 0.2) is 5.82 Å². The summed E-state index contributed by atoms with van der Waals surface area (Å²) < 4.78 is 14.5. The van der Waals surface area contributed by atoms with E-state index in [4.69, 9.17) is 17.3 Å². The minimum Gasteiger partial charge on any atom is -0.382 e. The molecule has 0 aliphatic carbocycles. The van der Waals surface area contributed by atoms with Gasteiger partial charge in [-0.25, -0.2) is 4.39 Å². The second-order valence-electron chi connectivity index (χ2n) is 4.63. The number of rotatable bonds is 2. The molecule has 0 radical (unpaired) electrons. The van der Waals surface area contributed by atoms with Gasteiger partial charge in [-0.2, -0.15) is 4.68 Å². The van der Waals surface area contributed by atoms with Crippen LogP contribution in [0, 0.1) is 12.7 Å². The normalized spacial score (nSPS) is 10.8. The average Bonchev–Trinajstić information content (AvgIpc) is 2.85. The zero-order valence-electron chi connectivity index (χ0n) is 11.2. The molecule has 3 aromatic rings. The first-order valence-electron chi connectivity index (χ1n) is 6.30. The van der Waals surface area contributed by atoms with Gasteiger partial charge in [0.2, 0.25) is 0 Å². The molecule has 0 amide bonds. The third-order valence-electron chi connectivity index (χ3n) is 3.29. The highest BCUT2D eigenvalue weighted by Crippen LogP contribution is 2.28. The molecule has 2 N–H and O–H groups in total. The molecule has 0 aliphatic heterocycles. The van der Waals surface area contributed by atoms with Crippen molar-refractivity contribution in [3.63, 3.8) is 0 Å². The maximum absolute atomic E-state index is 13.0.